The van der Waals surface area contributed by atoms with Gasteiger partial charge in [0.25, 0.3) is 0 Å². The molecule has 0 unspecified atom stereocenters. The summed E-state index contributed by atoms with van der Waals surface area (Å²) in [6.07, 6.45) is 145. The topological polar surface area (TPSA) is 20.2 Å². The third-order valence-corrected chi connectivity index (χ3v) is 25.1. The molecule has 1 rings (SSSR count). The van der Waals surface area contributed by atoms with Crippen molar-refractivity contribution in [3.63, 3.8) is 0 Å². The molecule has 1 heteroatoms. The minimum atomic E-state index is -0.0418. The highest BCUT2D eigenvalue weighted by molar-refractivity contribution is 4.62. The number of rotatable bonds is 0. The summed E-state index contributed by atoms with van der Waals surface area (Å²) in [4.78, 5) is 0. The van der Waals surface area contributed by atoms with Crippen molar-refractivity contribution in [1.29, 1.82) is 0 Å². The molecule has 0 aromatic carbocycles. The first-order valence-corrected chi connectivity index (χ1v) is 50.1. The van der Waals surface area contributed by atoms with Crippen LogP contribution in [-0.2, 0) is 0 Å². The van der Waals surface area contributed by atoms with Gasteiger partial charge in [0, 0.05) is 0 Å². The lowest BCUT2D eigenvalue weighted by atomic mass is 10.0. The van der Waals surface area contributed by atoms with Crippen molar-refractivity contribution in [1.82, 2.24) is 0 Å². The molecule has 0 spiro atoms. The summed E-state index contributed by atoms with van der Waals surface area (Å²) in [5.41, 5.74) is 0. The lowest BCUT2D eigenvalue weighted by molar-refractivity contribution is 0.147. The van der Waals surface area contributed by atoms with Gasteiger partial charge in [-0.15, -0.1) is 0 Å². The fraction of sp³-hybridized carbons (Fsp3) is 1.00. The Labute approximate surface area is 643 Å². The number of hydrogen-bond acceptors (Lipinski definition) is 1. The number of aliphatic hydroxyl groups excluding tert-OH is 1. The van der Waals surface area contributed by atoms with E-state index >= 15 is 0 Å². The van der Waals surface area contributed by atoms with Crippen LogP contribution < -0.4 is 0 Å². The molecule has 0 atom stereocenters. The van der Waals surface area contributed by atoms with Crippen molar-refractivity contribution in [3.8, 4) is 0 Å². The SMILES string of the molecule is OC1CCCCCCCCCCCCCCCCCCCCCCCCCCCCCCCCCCCCCCCCCCCCCCCCCCCCCCCCCCCCCCCCCCCCCCCCCCCCCCCCCCCCCCCCCCCCCCCCCCC1. The van der Waals surface area contributed by atoms with E-state index in [0.29, 0.717) is 0 Å². The molecule has 1 aliphatic carbocycles. The summed E-state index contributed by atoms with van der Waals surface area (Å²) in [6, 6.07) is 0. The Morgan fingerprint density at radius 3 is 0.158 bits per heavy atom. The van der Waals surface area contributed by atoms with Gasteiger partial charge in [0.1, 0.15) is 0 Å². The maximum Gasteiger partial charge on any atom is 0.0540 e. The summed E-state index contributed by atoms with van der Waals surface area (Å²) in [5, 5.41) is 10.5. The molecular formula is C100H200O. The maximum absolute atomic E-state index is 10.5. The smallest absolute Gasteiger partial charge is 0.0540 e. The normalized spacial score (nSPS) is 24.1. The Bertz CT molecular complexity index is 1270. The molecule has 101 heavy (non-hydrogen) atoms. The first kappa shape index (κ1) is 99.0. The lowest BCUT2D eigenvalue weighted by Crippen LogP contribution is -2.05. The van der Waals surface area contributed by atoms with Crippen molar-refractivity contribution in [3.05, 3.63) is 0 Å². The van der Waals surface area contributed by atoms with Gasteiger partial charge < -0.3 is 5.11 Å². The average Bonchev–Trinajstić information content (AvgIpc) is 3.78. The van der Waals surface area contributed by atoms with E-state index in [1.54, 1.807) is 0 Å². The minimum Gasteiger partial charge on any atom is -0.393 e. The zero-order valence-corrected chi connectivity index (χ0v) is 71.0. The van der Waals surface area contributed by atoms with Crippen LogP contribution in [0.1, 0.15) is 636 Å². The highest BCUT2D eigenvalue weighted by Gasteiger charge is 2.07. The highest BCUT2D eigenvalue weighted by Crippen LogP contribution is 2.24. The molecule has 0 aromatic heterocycles. The molecule has 0 amide bonds. The molecule has 1 N–H and O–H groups in total. The van der Waals surface area contributed by atoms with Crippen molar-refractivity contribution in [2.24, 2.45) is 0 Å². The van der Waals surface area contributed by atoms with Gasteiger partial charge >= 0.3 is 0 Å². The van der Waals surface area contributed by atoms with Gasteiger partial charge in [-0.1, -0.05) is 623 Å². The van der Waals surface area contributed by atoms with Gasteiger partial charge in [-0.05, 0) is 12.8 Å². The molecule has 1 fully saturated rings. The third kappa shape index (κ3) is 92.3. The molecular weight excluding hydrogens is 1220 g/mol. The lowest BCUT2D eigenvalue weighted by Gasteiger charge is -2.10. The molecule has 0 aliphatic heterocycles. The molecule has 0 aromatic rings. The van der Waals surface area contributed by atoms with Gasteiger partial charge in [-0.25, -0.2) is 0 Å². The Morgan fingerprint density at radius 1 is 0.0693 bits per heavy atom. The second-order valence-electron chi connectivity index (χ2n) is 35.5. The zero-order chi connectivity index (χ0) is 71.6. The highest BCUT2D eigenvalue weighted by atomic mass is 16.3. The van der Waals surface area contributed by atoms with Crippen LogP contribution in [0.15, 0.2) is 0 Å². The van der Waals surface area contributed by atoms with E-state index in [0.717, 1.165) is 12.8 Å². The van der Waals surface area contributed by atoms with Crippen LogP contribution in [0.25, 0.3) is 0 Å². The Kier molecular flexibility index (Phi) is 92.3. The molecule has 1 nitrogen and oxygen atoms in total. The summed E-state index contributed by atoms with van der Waals surface area (Å²) < 4.78 is 0. The Morgan fingerprint density at radius 2 is 0.109 bits per heavy atom. The minimum absolute atomic E-state index is 0.0418. The van der Waals surface area contributed by atoms with Crippen LogP contribution in [0.2, 0.25) is 0 Å². The molecule has 1 aliphatic rings. The van der Waals surface area contributed by atoms with Gasteiger partial charge in [-0.3, -0.25) is 0 Å². The fourth-order valence-electron chi connectivity index (χ4n) is 17.7. The molecule has 0 bridgehead atoms. The molecule has 606 valence electrons. The summed E-state index contributed by atoms with van der Waals surface area (Å²) >= 11 is 0. The number of aliphatic hydroxyl groups is 1. The second-order valence-corrected chi connectivity index (χ2v) is 35.5. The van der Waals surface area contributed by atoms with Crippen LogP contribution in [0.4, 0.5) is 0 Å². The molecule has 0 saturated heterocycles. The van der Waals surface area contributed by atoms with Crippen molar-refractivity contribution in [2.45, 2.75) is 642 Å². The number of hydrogen-bond donors (Lipinski definition) is 1. The third-order valence-electron chi connectivity index (χ3n) is 25.1. The van der Waals surface area contributed by atoms with Crippen LogP contribution >= 0.6 is 0 Å². The predicted molar refractivity (Wildman–Crippen MR) is 463 cm³/mol. The van der Waals surface area contributed by atoms with E-state index in [2.05, 4.69) is 0 Å². The predicted octanol–water partition coefficient (Wildman–Crippen LogP) is 38.0. The van der Waals surface area contributed by atoms with E-state index < -0.39 is 0 Å². The second kappa shape index (κ2) is 94.2. The monoisotopic (exact) mass is 1420 g/mol. The van der Waals surface area contributed by atoms with E-state index in [9.17, 15) is 5.11 Å². The summed E-state index contributed by atoms with van der Waals surface area (Å²) in [6.45, 7) is 0. The van der Waals surface area contributed by atoms with Crippen LogP contribution in [-0.4, -0.2) is 11.2 Å². The molecule has 0 heterocycles. The van der Waals surface area contributed by atoms with E-state index in [4.69, 9.17) is 0 Å². The summed E-state index contributed by atoms with van der Waals surface area (Å²) in [7, 11) is 0. The van der Waals surface area contributed by atoms with Gasteiger partial charge in [-0.2, -0.15) is 0 Å². The Balaban J connectivity index is 2.02. The van der Waals surface area contributed by atoms with E-state index in [1.807, 2.05) is 0 Å². The van der Waals surface area contributed by atoms with E-state index in [1.165, 1.54) is 623 Å². The summed E-state index contributed by atoms with van der Waals surface area (Å²) in [5.74, 6) is 0. The average molecular weight is 1420 g/mol. The quantitative estimate of drug-likeness (QED) is 0.256. The van der Waals surface area contributed by atoms with Crippen LogP contribution in [0.5, 0.6) is 0 Å². The standard InChI is InChI=1S/C100H200O/c101-100-98-96-94-92-90-88-86-84-82-80-78-76-74-72-70-68-66-64-62-60-58-56-54-52-50-48-46-44-42-40-38-36-34-32-30-28-26-24-22-20-18-16-14-12-10-8-6-4-2-1-3-5-7-9-11-13-15-17-19-21-23-25-27-29-31-33-35-37-39-41-43-45-47-49-51-53-55-57-59-61-63-65-67-69-71-73-75-77-79-81-83-85-87-89-91-93-95-97-99-100/h100-101H,1-99H2. The maximum atomic E-state index is 10.5. The fourth-order valence-corrected chi connectivity index (χ4v) is 17.7. The van der Waals surface area contributed by atoms with Crippen LogP contribution in [0.3, 0.4) is 0 Å². The molecule has 1 saturated carbocycles. The largest absolute Gasteiger partial charge is 0.393 e. The van der Waals surface area contributed by atoms with Gasteiger partial charge in [0.15, 0.2) is 0 Å². The van der Waals surface area contributed by atoms with Gasteiger partial charge in [0.2, 0.25) is 0 Å². The first-order valence-electron chi connectivity index (χ1n) is 50.1. The van der Waals surface area contributed by atoms with E-state index in [-0.39, 0.29) is 6.10 Å². The Hall–Kier alpha value is -0.0400. The van der Waals surface area contributed by atoms with Crippen LogP contribution in [0, 0.1) is 0 Å². The zero-order valence-electron chi connectivity index (χ0n) is 71.0. The first-order chi connectivity index (χ1) is 50.4. The van der Waals surface area contributed by atoms with Gasteiger partial charge in [0.05, 0.1) is 6.10 Å². The van der Waals surface area contributed by atoms with Crippen molar-refractivity contribution >= 4 is 0 Å². The van der Waals surface area contributed by atoms with Crippen molar-refractivity contribution in [2.75, 3.05) is 0 Å². The van der Waals surface area contributed by atoms with Crippen molar-refractivity contribution < 1.29 is 5.11 Å². The molecule has 0 radical (unpaired) electrons.